The van der Waals surface area contributed by atoms with Gasteiger partial charge in [0.2, 0.25) is 0 Å². The molecule has 0 atom stereocenters. The molecule has 0 spiro atoms. The van der Waals surface area contributed by atoms with E-state index < -0.39 is 6.03 Å². The second-order valence-electron chi connectivity index (χ2n) is 4.90. The van der Waals surface area contributed by atoms with Crippen molar-refractivity contribution in [1.82, 2.24) is 5.43 Å². The Kier molecular flexibility index (Phi) is 6.91. The summed E-state index contributed by atoms with van der Waals surface area (Å²) in [7, 11) is 0. The number of urea groups is 1. The molecule has 0 fully saturated rings. The van der Waals surface area contributed by atoms with Gasteiger partial charge in [-0.1, -0.05) is 29.3 Å². The first kappa shape index (κ1) is 18.9. The third-order valence-electron chi connectivity index (χ3n) is 3.05. The van der Waals surface area contributed by atoms with Gasteiger partial charge in [-0.3, -0.25) is 0 Å². The van der Waals surface area contributed by atoms with Crippen LogP contribution in [0.2, 0.25) is 10.0 Å². The number of nitrogens with zero attached hydrogens (tertiary/aromatic N) is 1. The van der Waals surface area contributed by atoms with Crippen LogP contribution in [0.25, 0.3) is 0 Å². The van der Waals surface area contributed by atoms with E-state index in [4.69, 9.17) is 38.4 Å². The van der Waals surface area contributed by atoms with Crippen molar-refractivity contribution in [2.24, 2.45) is 10.8 Å². The first-order chi connectivity index (χ1) is 12.0. The maximum absolute atomic E-state index is 10.6. The Morgan fingerprint density at radius 3 is 2.68 bits per heavy atom. The zero-order valence-electron chi connectivity index (χ0n) is 13.5. The summed E-state index contributed by atoms with van der Waals surface area (Å²) in [4.78, 5) is 10.6. The second kappa shape index (κ2) is 9.15. The summed E-state index contributed by atoms with van der Waals surface area (Å²) in [6, 6.07) is 9.75. The topological polar surface area (TPSA) is 85.9 Å². The zero-order chi connectivity index (χ0) is 18.2. The number of carbonyl (C=O) groups is 1. The maximum atomic E-state index is 10.6. The van der Waals surface area contributed by atoms with Gasteiger partial charge in [-0.05, 0) is 42.8 Å². The smallest absolute Gasteiger partial charge is 0.332 e. The van der Waals surface area contributed by atoms with Crippen LogP contribution in [0.1, 0.15) is 18.1 Å². The number of primary amides is 1. The standard InChI is InChI=1S/C17H17Cl2N3O3/c1-2-24-16-7-11(9-21-22-17(20)23)3-6-15(16)25-10-12-4-5-13(18)8-14(12)19/h3-9H,2,10H2,1H3,(H3,20,22,23)/b21-9-. The largest absolute Gasteiger partial charge is 0.490 e. The zero-order valence-corrected chi connectivity index (χ0v) is 15.0. The molecular weight excluding hydrogens is 365 g/mol. The Hall–Kier alpha value is -2.44. The van der Waals surface area contributed by atoms with E-state index in [9.17, 15) is 4.79 Å². The molecule has 0 radical (unpaired) electrons. The van der Waals surface area contributed by atoms with Crippen molar-refractivity contribution < 1.29 is 14.3 Å². The van der Waals surface area contributed by atoms with Gasteiger partial charge in [0.1, 0.15) is 6.61 Å². The first-order valence-electron chi connectivity index (χ1n) is 7.41. The Balaban J connectivity index is 2.13. The van der Waals surface area contributed by atoms with Crippen molar-refractivity contribution in [3.8, 4) is 11.5 Å². The molecule has 0 saturated heterocycles. The van der Waals surface area contributed by atoms with E-state index in [1.807, 2.05) is 13.0 Å². The molecule has 3 N–H and O–H groups in total. The number of rotatable bonds is 7. The van der Waals surface area contributed by atoms with Crippen molar-refractivity contribution in [2.75, 3.05) is 6.61 Å². The van der Waals surface area contributed by atoms with E-state index in [2.05, 4.69) is 10.5 Å². The summed E-state index contributed by atoms with van der Waals surface area (Å²) in [6.07, 6.45) is 1.45. The van der Waals surface area contributed by atoms with Crippen LogP contribution in [0.4, 0.5) is 4.79 Å². The number of hydrogen-bond donors (Lipinski definition) is 2. The predicted molar refractivity (Wildman–Crippen MR) is 98.7 cm³/mol. The van der Waals surface area contributed by atoms with Crippen molar-refractivity contribution in [2.45, 2.75) is 13.5 Å². The van der Waals surface area contributed by atoms with Crippen molar-refractivity contribution in [3.63, 3.8) is 0 Å². The van der Waals surface area contributed by atoms with Gasteiger partial charge in [-0.25, -0.2) is 10.2 Å². The molecule has 6 nitrogen and oxygen atoms in total. The molecule has 0 aliphatic heterocycles. The number of hydrazone groups is 1. The molecule has 0 bridgehead atoms. The molecule has 0 aromatic heterocycles. The number of halogens is 2. The molecule has 2 rings (SSSR count). The summed E-state index contributed by atoms with van der Waals surface area (Å²) in [6.45, 7) is 2.61. The van der Waals surface area contributed by atoms with Crippen LogP contribution < -0.4 is 20.6 Å². The van der Waals surface area contributed by atoms with Crippen LogP contribution in [0.5, 0.6) is 11.5 Å². The highest BCUT2D eigenvalue weighted by atomic mass is 35.5. The molecule has 2 amide bonds. The first-order valence-corrected chi connectivity index (χ1v) is 8.17. The average Bonchev–Trinajstić information content (AvgIpc) is 2.55. The summed E-state index contributed by atoms with van der Waals surface area (Å²) in [5.74, 6) is 1.11. The van der Waals surface area contributed by atoms with Gasteiger partial charge in [0.05, 0.1) is 12.8 Å². The molecule has 0 saturated carbocycles. The van der Waals surface area contributed by atoms with Crippen LogP contribution in [0.15, 0.2) is 41.5 Å². The van der Waals surface area contributed by atoms with Crippen LogP contribution in [-0.2, 0) is 6.61 Å². The molecule has 2 aromatic carbocycles. The van der Waals surface area contributed by atoms with Crippen LogP contribution in [0.3, 0.4) is 0 Å². The lowest BCUT2D eigenvalue weighted by Gasteiger charge is -2.13. The van der Waals surface area contributed by atoms with E-state index in [-0.39, 0.29) is 6.61 Å². The normalized spacial score (nSPS) is 10.7. The number of nitrogens with one attached hydrogen (secondary N) is 1. The molecule has 25 heavy (non-hydrogen) atoms. The Labute approximate surface area is 155 Å². The fourth-order valence-corrected chi connectivity index (χ4v) is 2.42. The fourth-order valence-electron chi connectivity index (χ4n) is 1.96. The minimum Gasteiger partial charge on any atom is -0.490 e. The third kappa shape index (κ3) is 5.85. The summed E-state index contributed by atoms with van der Waals surface area (Å²) < 4.78 is 11.4. The molecule has 0 aliphatic rings. The van der Waals surface area contributed by atoms with Gasteiger partial charge in [-0.2, -0.15) is 5.10 Å². The molecule has 132 valence electrons. The highest BCUT2D eigenvalue weighted by molar-refractivity contribution is 6.35. The fraction of sp³-hybridized carbons (Fsp3) is 0.176. The summed E-state index contributed by atoms with van der Waals surface area (Å²) >= 11 is 12.0. The molecule has 8 heteroatoms. The van der Waals surface area contributed by atoms with Crippen molar-refractivity contribution in [1.29, 1.82) is 0 Å². The quantitative estimate of drug-likeness (QED) is 0.561. The molecular formula is C17H17Cl2N3O3. The summed E-state index contributed by atoms with van der Waals surface area (Å²) in [5.41, 5.74) is 8.60. The summed E-state index contributed by atoms with van der Waals surface area (Å²) in [5, 5.41) is 4.81. The molecule has 0 heterocycles. The molecule has 0 aliphatic carbocycles. The van der Waals surface area contributed by atoms with Crippen LogP contribution in [0, 0.1) is 0 Å². The van der Waals surface area contributed by atoms with E-state index >= 15 is 0 Å². The van der Waals surface area contributed by atoms with E-state index in [1.165, 1.54) is 6.21 Å². The monoisotopic (exact) mass is 381 g/mol. The number of hydrogen-bond acceptors (Lipinski definition) is 4. The van der Waals surface area contributed by atoms with Gasteiger partial charge in [0.25, 0.3) is 0 Å². The SMILES string of the molecule is CCOc1cc(/C=N\NC(N)=O)ccc1OCc1ccc(Cl)cc1Cl. The van der Waals surface area contributed by atoms with Crippen molar-refractivity contribution >= 4 is 35.4 Å². The van der Waals surface area contributed by atoms with Gasteiger partial charge >= 0.3 is 6.03 Å². The minimum absolute atomic E-state index is 0.271. The molecule has 0 unspecified atom stereocenters. The lowest BCUT2D eigenvalue weighted by molar-refractivity contribution is 0.249. The van der Waals surface area contributed by atoms with E-state index in [1.54, 1.807) is 30.3 Å². The average molecular weight is 382 g/mol. The van der Waals surface area contributed by atoms with E-state index in [0.717, 1.165) is 5.56 Å². The molecule has 2 aromatic rings. The number of carbonyl (C=O) groups excluding carboxylic acids is 1. The van der Waals surface area contributed by atoms with Gasteiger partial charge in [0, 0.05) is 15.6 Å². The lowest BCUT2D eigenvalue weighted by Crippen LogP contribution is -2.24. The van der Waals surface area contributed by atoms with Gasteiger partial charge < -0.3 is 15.2 Å². The Bertz CT molecular complexity index is 782. The third-order valence-corrected chi connectivity index (χ3v) is 3.64. The second-order valence-corrected chi connectivity index (χ2v) is 5.74. The number of benzene rings is 2. The number of nitrogens with two attached hydrogens (primary N) is 1. The van der Waals surface area contributed by atoms with Crippen molar-refractivity contribution in [3.05, 3.63) is 57.6 Å². The highest BCUT2D eigenvalue weighted by Gasteiger charge is 2.08. The predicted octanol–water partition coefficient (Wildman–Crippen LogP) is 3.97. The van der Waals surface area contributed by atoms with Gasteiger partial charge in [0.15, 0.2) is 11.5 Å². The highest BCUT2D eigenvalue weighted by Crippen LogP contribution is 2.30. The lowest BCUT2D eigenvalue weighted by atomic mass is 10.2. The Morgan fingerprint density at radius 1 is 1.20 bits per heavy atom. The van der Waals surface area contributed by atoms with Crippen LogP contribution >= 0.6 is 23.2 Å². The minimum atomic E-state index is -0.735. The Morgan fingerprint density at radius 2 is 2.00 bits per heavy atom. The van der Waals surface area contributed by atoms with Crippen LogP contribution in [-0.4, -0.2) is 18.9 Å². The maximum Gasteiger partial charge on any atom is 0.332 e. The van der Waals surface area contributed by atoms with Gasteiger partial charge in [-0.15, -0.1) is 0 Å². The number of ether oxygens (including phenoxy) is 2. The number of amides is 2. The van der Waals surface area contributed by atoms with E-state index in [0.29, 0.717) is 33.7 Å².